The molecule has 1 aliphatic carbocycles. The van der Waals surface area contributed by atoms with Crippen molar-refractivity contribution >= 4 is 5.97 Å². The Balaban J connectivity index is 1.84. The number of aliphatic carboxylic acids is 1. The van der Waals surface area contributed by atoms with Gasteiger partial charge >= 0.3 is 5.97 Å². The molecule has 0 spiro atoms. The van der Waals surface area contributed by atoms with E-state index in [2.05, 4.69) is 16.9 Å². The molecule has 1 aliphatic rings. The normalized spacial score (nSPS) is 24.3. The molecule has 3 rings (SSSR count). The highest BCUT2D eigenvalue weighted by atomic mass is 16.4. The van der Waals surface area contributed by atoms with Gasteiger partial charge in [0.25, 0.3) is 0 Å². The summed E-state index contributed by atoms with van der Waals surface area (Å²) in [5.74, 6) is 0.428. The van der Waals surface area contributed by atoms with Crippen LogP contribution in [0, 0.1) is 11.8 Å². The van der Waals surface area contributed by atoms with Crippen molar-refractivity contribution in [2.75, 3.05) is 6.54 Å². The maximum atomic E-state index is 11.9. The fourth-order valence-electron chi connectivity index (χ4n) is 3.32. The molecule has 0 bridgehead atoms. The van der Waals surface area contributed by atoms with E-state index in [-0.39, 0.29) is 5.92 Å². The van der Waals surface area contributed by atoms with Crippen molar-refractivity contribution in [3.8, 4) is 5.82 Å². The van der Waals surface area contributed by atoms with Gasteiger partial charge in [-0.2, -0.15) is 0 Å². The Morgan fingerprint density at radius 2 is 2.35 bits per heavy atom. The molecule has 23 heavy (non-hydrogen) atoms. The van der Waals surface area contributed by atoms with Crippen LogP contribution < -0.4 is 5.73 Å². The first kappa shape index (κ1) is 15.7. The van der Waals surface area contributed by atoms with Crippen LogP contribution in [-0.2, 0) is 10.2 Å². The molecule has 2 aromatic heterocycles. The first-order chi connectivity index (χ1) is 11.1. The Hall–Kier alpha value is -2.21. The summed E-state index contributed by atoms with van der Waals surface area (Å²) in [5.41, 5.74) is 5.53. The van der Waals surface area contributed by atoms with Crippen LogP contribution in [0.1, 0.15) is 31.9 Å². The number of pyridine rings is 1. The minimum atomic E-state index is -0.859. The van der Waals surface area contributed by atoms with Gasteiger partial charge in [0.2, 0.25) is 0 Å². The number of rotatable bonds is 7. The standard InChI is InChI=1S/C17H22N4O2/c1-2-12(9-18)7-13-8-17(13,16(22)23)14-10-21(11-20-14)15-5-3-4-6-19-15/h3-6,10-13H,2,7-9,18H2,1H3,(H,22,23)/t12-,13?,17?/m0/s1. The molecule has 0 amide bonds. The van der Waals surface area contributed by atoms with Gasteiger partial charge in [-0.05, 0) is 43.4 Å². The van der Waals surface area contributed by atoms with Gasteiger partial charge < -0.3 is 10.8 Å². The Bertz CT molecular complexity index is 681. The van der Waals surface area contributed by atoms with E-state index in [1.165, 1.54) is 0 Å². The average molecular weight is 314 g/mol. The Kier molecular flexibility index (Phi) is 4.17. The van der Waals surface area contributed by atoms with Crippen molar-refractivity contribution in [2.45, 2.75) is 31.6 Å². The highest BCUT2D eigenvalue weighted by Crippen LogP contribution is 2.57. The quantitative estimate of drug-likeness (QED) is 0.815. The molecule has 2 unspecified atom stereocenters. The third-order valence-electron chi connectivity index (χ3n) is 4.97. The van der Waals surface area contributed by atoms with E-state index < -0.39 is 11.4 Å². The van der Waals surface area contributed by atoms with E-state index >= 15 is 0 Å². The van der Waals surface area contributed by atoms with Crippen LogP contribution in [0.25, 0.3) is 5.82 Å². The topological polar surface area (TPSA) is 94.0 Å². The van der Waals surface area contributed by atoms with Crippen LogP contribution in [0.2, 0.25) is 0 Å². The maximum absolute atomic E-state index is 11.9. The second kappa shape index (κ2) is 6.12. The largest absolute Gasteiger partial charge is 0.481 e. The molecule has 2 aromatic rings. The number of carboxylic acids is 1. The lowest BCUT2D eigenvalue weighted by atomic mass is 9.92. The third-order valence-corrected chi connectivity index (χ3v) is 4.97. The summed E-state index contributed by atoms with van der Waals surface area (Å²) in [6.45, 7) is 2.70. The summed E-state index contributed by atoms with van der Waals surface area (Å²) in [4.78, 5) is 20.5. The first-order valence-electron chi connectivity index (χ1n) is 8.01. The summed E-state index contributed by atoms with van der Waals surface area (Å²) in [6, 6.07) is 5.60. The molecule has 2 heterocycles. The molecule has 0 saturated heterocycles. The van der Waals surface area contributed by atoms with Crippen LogP contribution in [-0.4, -0.2) is 32.2 Å². The van der Waals surface area contributed by atoms with Crippen molar-refractivity contribution in [3.05, 3.63) is 42.6 Å². The molecular weight excluding hydrogens is 292 g/mol. The molecule has 1 fully saturated rings. The van der Waals surface area contributed by atoms with Gasteiger partial charge in [0.1, 0.15) is 17.6 Å². The van der Waals surface area contributed by atoms with Gasteiger partial charge in [-0.3, -0.25) is 9.36 Å². The second-order valence-corrected chi connectivity index (χ2v) is 6.28. The molecule has 3 atom stereocenters. The number of aromatic nitrogens is 3. The van der Waals surface area contributed by atoms with E-state index in [4.69, 9.17) is 5.73 Å². The zero-order chi connectivity index (χ0) is 16.4. The monoisotopic (exact) mass is 314 g/mol. The predicted octanol–water partition coefficient (Wildman–Crippen LogP) is 1.98. The minimum Gasteiger partial charge on any atom is -0.481 e. The number of carbonyl (C=O) groups is 1. The summed E-state index contributed by atoms with van der Waals surface area (Å²) in [6.07, 6.45) is 7.59. The van der Waals surface area contributed by atoms with Crippen molar-refractivity contribution in [2.24, 2.45) is 17.6 Å². The fourth-order valence-corrected chi connectivity index (χ4v) is 3.32. The molecule has 6 nitrogen and oxygen atoms in total. The first-order valence-corrected chi connectivity index (χ1v) is 8.01. The third kappa shape index (κ3) is 2.74. The minimum absolute atomic E-state index is 0.112. The van der Waals surface area contributed by atoms with Gasteiger partial charge in [-0.15, -0.1) is 0 Å². The van der Waals surface area contributed by atoms with Gasteiger partial charge in [-0.1, -0.05) is 19.4 Å². The van der Waals surface area contributed by atoms with Gasteiger partial charge in [0, 0.05) is 12.4 Å². The molecular formula is C17H22N4O2. The number of hydrogen-bond donors (Lipinski definition) is 2. The Morgan fingerprint density at radius 1 is 1.52 bits per heavy atom. The van der Waals surface area contributed by atoms with E-state index in [0.29, 0.717) is 24.6 Å². The Morgan fingerprint density at radius 3 is 2.96 bits per heavy atom. The summed E-state index contributed by atoms with van der Waals surface area (Å²) in [7, 11) is 0. The van der Waals surface area contributed by atoms with Gasteiger partial charge in [0.05, 0.1) is 5.69 Å². The van der Waals surface area contributed by atoms with Gasteiger partial charge in [0.15, 0.2) is 0 Å². The van der Waals surface area contributed by atoms with Crippen LogP contribution >= 0.6 is 0 Å². The molecule has 0 aromatic carbocycles. The molecule has 6 heteroatoms. The molecule has 122 valence electrons. The molecule has 0 radical (unpaired) electrons. The predicted molar refractivity (Wildman–Crippen MR) is 86.2 cm³/mol. The number of nitrogens with two attached hydrogens (primary N) is 1. The van der Waals surface area contributed by atoms with Crippen molar-refractivity contribution in [1.82, 2.24) is 14.5 Å². The second-order valence-electron chi connectivity index (χ2n) is 6.28. The highest BCUT2D eigenvalue weighted by Gasteiger charge is 2.63. The van der Waals surface area contributed by atoms with E-state index in [1.807, 2.05) is 18.2 Å². The van der Waals surface area contributed by atoms with Crippen LogP contribution in [0.3, 0.4) is 0 Å². The summed E-state index contributed by atoms with van der Waals surface area (Å²) >= 11 is 0. The number of carboxylic acid groups (broad SMARTS) is 1. The van der Waals surface area contributed by atoms with Crippen molar-refractivity contribution < 1.29 is 9.90 Å². The average Bonchev–Trinajstić information content (AvgIpc) is 3.09. The molecule has 1 saturated carbocycles. The smallest absolute Gasteiger partial charge is 0.316 e. The number of hydrogen-bond acceptors (Lipinski definition) is 4. The summed E-state index contributed by atoms with van der Waals surface area (Å²) < 4.78 is 1.77. The van der Waals surface area contributed by atoms with Crippen LogP contribution in [0.4, 0.5) is 0 Å². The molecule has 3 N–H and O–H groups in total. The van der Waals surface area contributed by atoms with E-state index in [9.17, 15) is 9.90 Å². The highest BCUT2D eigenvalue weighted by molar-refractivity contribution is 5.85. The van der Waals surface area contributed by atoms with Crippen molar-refractivity contribution in [1.29, 1.82) is 0 Å². The Labute approximate surface area is 135 Å². The fraction of sp³-hybridized carbons (Fsp3) is 0.471. The maximum Gasteiger partial charge on any atom is 0.316 e. The summed E-state index contributed by atoms with van der Waals surface area (Å²) in [5, 5.41) is 9.77. The van der Waals surface area contributed by atoms with Crippen LogP contribution in [0.5, 0.6) is 0 Å². The van der Waals surface area contributed by atoms with E-state index in [0.717, 1.165) is 18.7 Å². The number of nitrogens with zero attached hydrogens (tertiary/aromatic N) is 3. The zero-order valence-electron chi connectivity index (χ0n) is 13.2. The number of imidazole rings is 1. The SMILES string of the molecule is CC[C@H](CN)CC1CC1(C(=O)O)c1cn(-c2ccccn2)cn1. The molecule has 0 aliphatic heterocycles. The zero-order valence-corrected chi connectivity index (χ0v) is 13.2. The van der Waals surface area contributed by atoms with Crippen molar-refractivity contribution in [3.63, 3.8) is 0 Å². The van der Waals surface area contributed by atoms with E-state index in [1.54, 1.807) is 23.3 Å². The lowest BCUT2D eigenvalue weighted by molar-refractivity contribution is -0.140. The lowest BCUT2D eigenvalue weighted by Crippen LogP contribution is -2.25. The van der Waals surface area contributed by atoms with Crippen LogP contribution in [0.15, 0.2) is 36.9 Å². The van der Waals surface area contributed by atoms with Gasteiger partial charge in [-0.25, -0.2) is 9.97 Å². The lowest BCUT2D eigenvalue weighted by Gasteiger charge is -2.14.